The molecule has 0 bridgehead atoms. The summed E-state index contributed by atoms with van der Waals surface area (Å²) in [6, 6.07) is 9.51. The van der Waals surface area contributed by atoms with E-state index in [1.54, 1.807) is 0 Å². The monoisotopic (exact) mass is 217 g/mol. The quantitative estimate of drug-likeness (QED) is 0.763. The number of carbonyl (C=O) groups is 1. The second-order valence-electron chi connectivity index (χ2n) is 3.16. The van der Waals surface area contributed by atoms with Crippen LogP contribution in [0.5, 0.6) is 0 Å². The molecule has 0 saturated heterocycles. The standard InChI is InChI=1S/C11H11N3O2/c1-16-14-11(15)9-7-12-13-10(9)8-5-3-2-4-6-8/h2-7H,1H3,(H,12,13)(H,14,15). The van der Waals surface area contributed by atoms with Gasteiger partial charge in [-0.15, -0.1) is 0 Å². The molecular weight excluding hydrogens is 206 g/mol. The largest absolute Gasteiger partial charge is 0.278 e. The maximum absolute atomic E-state index is 11.6. The highest BCUT2D eigenvalue weighted by molar-refractivity contribution is 5.99. The minimum Gasteiger partial charge on any atom is -0.277 e. The van der Waals surface area contributed by atoms with Gasteiger partial charge in [-0.1, -0.05) is 30.3 Å². The van der Waals surface area contributed by atoms with Gasteiger partial charge in [0.15, 0.2) is 0 Å². The lowest BCUT2D eigenvalue weighted by atomic mass is 10.1. The van der Waals surface area contributed by atoms with E-state index in [-0.39, 0.29) is 5.91 Å². The number of carbonyl (C=O) groups excluding carboxylic acids is 1. The van der Waals surface area contributed by atoms with Gasteiger partial charge in [0.1, 0.15) is 0 Å². The van der Waals surface area contributed by atoms with Crippen molar-refractivity contribution < 1.29 is 9.63 Å². The first-order valence-electron chi connectivity index (χ1n) is 4.75. The first kappa shape index (κ1) is 10.4. The summed E-state index contributed by atoms with van der Waals surface area (Å²) in [5, 5.41) is 6.66. The maximum Gasteiger partial charge on any atom is 0.278 e. The predicted molar refractivity (Wildman–Crippen MR) is 58.5 cm³/mol. The van der Waals surface area contributed by atoms with Gasteiger partial charge in [0.25, 0.3) is 5.91 Å². The van der Waals surface area contributed by atoms with Crippen molar-refractivity contribution in [2.24, 2.45) is 0 Å². The van der Waals surface area contributed by atoms with E-state index in [0.29, 0.717) is 11.3 Å². The summed E-state index contributed by atoms with van der Waals surface area (Å²) in [6.07, 6.45) is 1.47. The Morgan fingerprint density at radius 2 is 2.12 bits per heavy atom. The lowest BCUT2D eigenvalue weighted by Crippen LogP contribution is -2.21. The van der Waals surface area contributed by atoms with Crippen LogP contribution in [-0.2, 0) is 4.84 Å². The van der Waals surface area contributed by atoms with E-state index in [0.717, 1.165) is 5.56 Å². The van der Waals surface area contributed by atoms with Crippen LogP contribution in [0.3, 0.4) is 0 Å². The summed E-state index contributed by atoms with van der Waals surface area (Å²) in [7, 11) is 1.39. The van der Waals surface area contributed by atoms with Crippen LogP contribution >= 0.6 is 0 Å². The molecule has 16 heavy (non-hydrogen) atoms. The van der Waals surface area contributed by atoms with Gasteiger partial charge in [0, 0.05) is 5.56 Å². The Morgan fingerprint density at radius 1 is 1.38 bits per heavy atom. The lowest BCUT2D eigenvalue weighted by Gasteiger charge is -2.02. The minimum atomic E-state index is -0.324. The maximum atomic E-state index is 11.6. The fourth-order valence-electron chi connectivity index (χ4n) is 1.43. The highest BCUT2D eigenvalue weighted by Crippen LogP contribution is 2.20. The third-order valence-corrected chi connectivity index (χ3v) is 2.14. The third-order valence-electron chi connectivity index (χ3n) is 2.14. The number of hydrogen-bond donors (Lipinski definition) is 2. The van der Waals surface area contributed by atoms with Crippen LogP contribution in [0.2, 0.25) is 0 Å². The molecule has 0 aliphatic heterocycles. The van der Waals surface area contributed by atoms with E-state index < -0.39 is 0 Å². The summed E-state index contributed by atoms with van der Waals surface area (Å²) in [5.41, 5.74) is 4.29. The van der Waals surface area contributed by atoms with Crippen molar-refractivity contribution in [2.45, 2.75) is 0 Å². The van der Waals surface area contributed by atoms with Crippen molar-refractivity contribution in [3.63, 3.8) is 0 Å². The summed E-state index contributed by atoms with van der Waals surface area (Å²) < 4.78 is 0. The van der Waals surface area contributed by atoms with Gasteiger partial charge in [0.2, 0.25) is 0 Å². The number of nitrogens with zero attached hydrogens (tertiary/aromatic N) is 1. The van der Waals surface area contributed by atoms with Crippen molar-refractivity contribution in [1.29, 1.82) is 0 Å². The topological polar surface area (TPSA) is 67.0 Å². The number of hydroxylamine groups is 1. The van der Waals surface area contributed by atoms with Crippen molar-refractivity contribution in [3.8, 4) is 11.3 Å². The summed E-state index contributed by atoms with van der Waals surface area (Å²) >= 11 is 0. The molecule has 1 aromatic heterocycles. The van der Waals surface area contributed by atoms with E-state index >= 15 is 0 Å². The van der Waals surface area contributed by atoms with Crippen molar-refractivity contribution in [3.05, 3.63) is 42.1 Å². The number of amides is 1. The molecule has 0 unspecified atom stereocenters. The third kappa shape index (κ3) is 1.94. The first-order valence-corrected chi connectivity index (χ1v) is 4.75. The van der Waals surface area contributed by atoms with Gasteiger partial charge in [-0.2, -0.15) is 5.10 Å². The smallest absolute Gasteiger partial charge is 0.277 e. The fraction of sp³-hybridized carbons (Fsp3) is 0.0909. The molecule has 0 fully saturated rings. The van der Waals surface area contributed by atoms with Crippen LogP contribution in [0.25, 0.3) is 11.3 Å². The molecule has 2 aromatic rings. The number of nitrogens with one attached hydrogen (secondary N) is 2. The number of benzene rings is 1. The Hall–Kier alpha value is -2.14. The average Bonchev–Trinajstić information content (AvgIpc) is 2.79. The van der Waals surface area contributed by atoms with Crippen molar-refractivity contribution in [1.82, 2.24) is 15.7 Å². The molecule has 82 valence electrons. The Kier molecular flexibility index (Phi) is 2.98. The zero-order chi connectivity index (χ0) is 11.4. The zero-order valence-corrected chi connectivity index (χ0v) is 8.73. The predicted octanol–water partition coefficient (Wildman–Crippen LogP) is 1.37. The number of aromatic amines is 1. The van der Waals surface area contributed by atoms with Crippen molar-refractivity contribution >= 4 is 5.91 Å². The van der Waals surface area contributed by atoms with Gasteiger partial charge in [-0.05, 0) is 0 Å². The molecule has 1 amide bonds. The molecule has 2 N–H and O–H groups in total. The second-order valence-corrected chi connectivity index (χ2v) is 3.16. The van der Waals surface area contributed by atoms with E-state index in [9.17, 15) is 4.79 Å². The first-order chi connectivity index (χ1) is 7.83. The van der Waals surface area contributed by atoms with Crippen LogP contribution in [-0.4, -0.2) is 23.2 Å². The number of rotatable bonds is 3. The molecular formula is C11H11N3O2. The van der Waals surface area contributed by atoms with E-state index in [2.05, 4.69) is 20.5 Å². The Balaban J connectivity index is 2.37. The number of H-pyrrole nitrogens is 1. The molecule has 0 saturated carbocycles. The van der Waals surface area contributed by atoms with Crippen LogP contribution in [0.1, 0.15) is 10.4 Å². The van der Waals surface area contributed by atoms with Gasteiger partial charge in [-0.25, -0.2) is 5.48 Å². The Morgan fingerprint density at radius 3 is 2.81 bits per heavy atom. The number of aromatic nitrogens is 2. The van der Waals surface area contributed by atoms with Crippen LogP contribution in [0.4, 0.5) is 0 Å². The lowest BCUT2D eigenvalue weighted by molar-refractivity contribution is 0.0538. The van der Waals surface area contributed by atoms with Crippen LogP contribution < -0.4 is 5.48 Å². The molecule has 1 heterocycles. The molecule has 0 aliphatic carbocycles. The molecule has 0 spiro atoms. The SMILES string of the molecule is CONC(=O)c1cn[nH]c1-c1ccccc1. The van der Waals surface area contributed by atoms with E-state index in [4.69, 9.17) is 0 Å². The van der Waals surface area contributed by atoms with Gasteiger partial charge in [0.05, 0.1) is 24.6 Å². The van der Waals surface area contributed by atoms with E-state index in [1.807, 2.05) is 30.3 Å². The number of hydrogen-bond acceptors (Lipinski definition) is 3. The molecule has 0 aliphatic rings. The van der Waals surface area contributed by atoms with Crippen LogP contribution in [0, 0.1) is 0 Å². The molecule has 5 nitrogen and oxygen atoms in total. The normalized spacial score (nSPS) is 10.1. The average molecular weight is 217 g/mol. The highest BCUT2D eigenvalue weighted by Gasteiger charge is 2.14. The molecule has 2 rings (SSSR count). The Bertz CT molecular complexity index is 479. The summed E-state index contributed by atoms with van der Waals surface area (Å²) in [5.74, 6) is -0.324. The van der Waals surface area contributed by atoms with Crippen molar-refractivity contribution in [2.75, 3.05) is 7.11 Å². The van der Waals surface area contributed by atoms with Gasteiger partial charge >= 0.3 is 0 Å². The molecule has 0 radical (unpaired) electrons. The second kappa shape index (κ2) is 4.59. The van der Waals surface area contributed by atoms with Gasteiger partial charge in [-0.3, -0.25) is 14.7 Å². The molecule has 0 atom stereocenters. The summed E-state index contributed by atoms with van der Waals surface area (Å²) in [4.78, 5) is 16.2. The van der Waals surface area contributed by atoms with E-state index in [1.165, 1.54) is 13.3 Å². The Labute approximate surface area is 92.4 Å². The molecule has 1 aromatic carbocycles. The highest BCUT2D eigenvalue weighted by atomic mass is 16.6. The summed E-state index contributed by atoms with van der Waals surface area (Å²) in [6.45, 7) is 0. The fourth-order valence-corrected chi connectivity index (χ4v) is 1.43. The van der Waals surface area contributed by atoms with Gasteiger partial charge < -0.3 is 0 Å². The minimum absolute atomic E-state index is 0.324. The molecule has 5 heteroatoms. The zero-order valence-electron chi connectivity index (χ0n) is 8.73. The van der Waals surface area contributed by atoms with Crippen LogP contribution in [0.15, 0.2) is 36.5 Å².